The van der Waals surface area contributed by atoms with E-state index in [0.717, 1.165) is 12.0 Å². The van der Waals surface area contributed by atoms with Gasteiger partial charge in [-0.2, -0.15) is 0 Å². The average molecular weight is 390 g/mol. The zero-order valence-electron chi connectivity index (χ0n) is 17.4. The van der Waals surface area contributed by atoms with Crippen LogP contribution in [0.1, 0.15) is 51.6 Å². The molecule has 1 fully saturated rings. The normalized spacial score (nSPS) is 17.4. The van der Waals surface area contributed by atoms with Crippen molar-refractivity contribution in [3.05, 3.63) is 35.9 Å². The third-order valence-corrected chi connectivity index (χ3v) is 5.36. The molecule has 0 aromatic heterocycles. The Kier molecular flexibility index (Phi) is 8.93. The predicted molar refractivity (Wildman–Crippen MR) is 111 cm³/mol. The first-order valence-corrected chi connectivity index (χ1v) is 10.4. The van der Waals surface area contributed by atoms with Gasteiger partial charge in [0.1, 0.15) is 0 Å². The zero-order chi connectivity index (χ0) is 20.5. The highest BCUT2D eigenvalue weighted by molar-refractivity contribution is 5.81. The minimum atomic E-state index is -0.317. The van der Waals surface area contributed by atoms with Crippen molar-refractivity contribution in [2.75, 3.05) is 26.2 Å². The molecule has 0 aliphatic carbocycles. The van der Waals surface area contributed by atoms with Gasteiger partial charge in [-0.05, 0) is 38.7 Å². The highest BCUT2D eigenvalue weighted by atomic mass is 16.5. The van der Waals surface area contributed by atoms with Crippen LogP contribution in [0.25, 0.3) is 0 Å². The Morgan fingerprint density at radius 2 is 1.82 bits per heavy atom. The molecule has 0 spiro atoms. The summed E-state index contributed by atoms with van der Waals surface area (Å²) in [7, 11) is 0. The molecule has 6 nitrogen and oxygen atoms in total. The molecule has 1 aliphatic rings. The van der Waals surface area contributed by atoms with Crippen molar-refractivity contribution in [2.24, 2.45) is 17.6 Å². The van der Waals surface area contributed by atoms with Crippen molar-refractivity contribution in [3.8, 4) is 0 Å². The van der Waals surface area contributed by atoms with Crippen molar-refractivity contribution >= 4 is 11.8 Å². The van der Waals surface area contributed by atoms with E-state index >= 15 is 0 Å². The van der Waals surface area contributed by atoms with Gasteiger partial charge in [0.2, 0.25) is 11.8 Å². The van der Waals surface area contributed by atoms with E-state index in [9.17, 15) is 9.59 Å². The maximum Gasteiger partial charge on any atom is 0.227 e. The fraction of sp³-hybridized carbons (Fsp3) is 0.636. The highest BCUT2D eigenvalue weighted by Crippen LogP contribution is 2.24. The lowest BCUT2D eigenvalue weighted by Gasteiger charge is -2.34. The molecule has 2 amide bonds. The molecule has 3 N–H and O–H groups in total. The Balaban J connectivity index is 1.73. The van der Waals surface area contributed by atoms with E-state index in [1.807, 2.05) is 56.0 Å². The Morgan fingerprint density at radius 1 is 1.18 bits per heavy atom. The summed E-state index contributed by atoms with van der Waals surface area (Å²) >= 11 is 0. The molecular formula is C22H35N3O3. The summed E-state index contributed by atoms with van der Waals surface area (Å²) in [5, 5.41) is 2.99. The number of nitrogens with one attached hydrogen (secondary N) is 1. The Bertz CT molecular complexity index is 613. The number of rotatable bonds is 9. The molecule has 1 aromatic carbocycles. The van der Waals surface area contributed by atoms with Gasteiger partial charge >= 0.3 is 0 Å². The first-order valence-electron chi connectivity index (χ1n) is 10.4. The van der Waals surface area contributed by atoms with Gasteiger partial charge in [-0.1, -0.05) is 37.3 Å². The lowest BCUT2D eigenvalue weighted by molar-refractivity contribution is -0.139. The van der Waals surface area contributed by atoms with Crippen LogP contribution in [0.3, 0.4) is 0 Å². The van der Waals surface area contributed by atoms with Gasteiger partial charge < -0.3 is 20.7 Å². The van der Waals surface area contributed by atoms with Crippen LogP contribution in [0.15, 0.2) is 30.3 Å². The minimum absolute atomic E-state index is 0.0202. The van der Waals surface area contributed by atoms with E-state index in [0.29, 0.717) is 39.1 Å². The van der Waals surface area contributed by atoms with E-state index in [4.69, 9.17) is 10.5 Å². The summed E-state index contributed by atoms with van der Waals surface area (Å²) in [5.74, 6) is -0.145. The molecule has 0 radical (unpaired) electrons. The SMILES string of the molecule is CC(C)OCCCNC(=O)C1CCN(C(=O)C(C)C(N)c2ccccc2)CC1. The van der Waals surface area contributed by atoms with Crippen LogP contribution in [0.5, 0.6) is 0 Å². The summed E-state index contributed by atoms with van der Waals surface area (Å²) < 4.78 is 5.48. The van der Waals surface area contributed by atoms with Crippen molar-refractivity contribution in [1.82, 2.24) is 10.2 Å². The third kappa shape index (κ3) is 6.60. The summed E-state index contributed by atoms with van der Waals surface area (Å²) in [6, 6.07) is 9.41. The fourth-order valence-electron chi connectivity index (χ4n) is 3.51. The quantitative estimate of drug-likeness (QED) is 0.636. The molecule has 28 heavy (non-hydrogen) atoms. The van der Waals surface area contributed by atoms with Crippen LogP contribution in [-0.4, -0.2) is 49.1 Å². The number of hydrogen-bond donors (Lipinski definition) is 2. The molecule has 2 atom stereocenters. The predicted octanol–water partition coefficient (Wildman–Crippen LogP) is 2.49. The number of ether oxygens (including phenoxy) is 1. The smallest absolute Gasteiger partial charge is 0.227 e. The molecule has 156 valence electrons. The Labute approximate surface area is 168 Å². The van der Waals surface area contributed by atoms with Crippen LogP contribution in [0.4, 0.5) is 0 Å². The van der Waals surface area contributed by atoms with Crippen LogP contribution in [0, 0.1) is 11.8 Å². The van der Waals surface area contributed by atoms with E-state index in [2.05, 4.69) is 5.32 Å². The molecule has 1 aliphatic heterocycles. The van der Waals surface area contributed by atoms with Crippen molar-refractivity contribution in [1.29, 1.82) is 0 Å². The van der Waals surface area contributed by atoms with Gasteiger partial charge in [0.15, 0.2) is 0 Å². The van der Waals surface area contributed by atoms with Crippen LogP contribution < -0.4 is 11.1 Å². The van der Waals surface area contributed by atoms with Crippen molar-refractivity contribution < 1.29 is 14.3 Å². The van der Waals surface area contributed by atoms with Gasteiger partial charge in [0, 0.05) is 38.2 Å². The highest BCUT2D eigenvalue weighted by Gasteiger charge is 2.31. The zero-order valence-corrected chi connectivity index (χ0v) is 17.4. The van der Waals surface area contributed by atoms with Gasteiger partial charge in [0.05, 0.1) is 12.0 Å². The first-order chi connectivity index (χ1) is 13.4. The third-order valence-electron chi connectivity index (χ3n) is 5.36. The maximum atomic E-state index is 12.8. The summed E-state index contributed by atoms with van der Waals surface area (Å²) in [5.41, 5.74) is 7.27. The summed E-state index contributed by atoms with van der Waals surface area (Å²) in [6.45, 7) is 8.40. The molecule has 1 aromatic rings. The number of carbonyl (C=O) groups is 2. The summed E-state index contributed by atoms with van der Waals surface area (Å²) in [4.78, 5) is 27.0. The minimum Gasteiger partial charge on any atom is -0.379 e. The molecule has 2 rings (SSSR count). The lowest BCUT2D eigenvalue weighted by Crippen LogP contribution is -2.46. The van der Waals surface area contributed by atoms with Gasteiger partial charge in [0.25, 0.3) is 0 Å². The van der Waals surface area contributed by atoms with Crippen molar-refractivity contribution in [3.63, 3.8) is 0 Å². The monoisotopic (exact) mass is 389 g/mol. The first kappa shape index (κ1) is 22.4. The number of benzene rings is 1. The number of nitrogens with zero attached hydrogens (tertiary/aromatic N) is 1. The van der Waals surface area contributed by atoms with Gasteiger partial charge in [-0.25, -0.2) is 0 Å². The largest absolute Gasteiger partial charge is 0.379 e. The molecular weight excluding hydrogens is 354 g/mol. The van der Waals surface area contributed by atoms with Crippen molar-refractivity contribution in [2.45, 2.75) is 52.2 Å². The van der Waals surface area contributed by atoms with E-state index < -0.39 is 0 Å². The molecule has 0 saturated carbocycles. The van der Waals surface area contributed by atoms with Crippen LogP contribution in [0.2, 0.25) is 0 Å². The van der Waals surface area contributed by atoms with E-state index in [1.54, 1.807) is 0 Å². The molecule has 6 heteroatoms. The number of hydrogen-bond acceptors (Lipinski definition) is 4. The van der Waals surface area contributed by atoms with Crippen LogP contribution in [-0.2, 0) is 14.3 Å². The summed E-state index contributed by atoms with van der Waals surface area (Å²) in [6.07, 6.45) is 2.44. The number of amides is 2. The topological polar surface area (TPSA) is 84.7 Å². The number of piperidine rings is 1. The molecule has 1 heterocycles. The molecule has 1 saturated heterocycles. The number of nitrogens with two attached hydrogens (primary N) is 1. The maximum absolute atomic E-state index is 12.8. The number of likely N-dealkylation sites (tertiary alicyclic amines) is 1. The number of carbonyl (C=O) groups excluding carboxylic acids is 2. The molecule has 2 unspecified atom stereocenters. The Hall–Kier alpha value is -1.92. The fourth-order valence-corrected chi connectivity index (χ4v) is 3.51. The molecule has 0 bridgehead atoms. The Morgan fingerprint density at radius 3 is 2.43 bits per heavy atom. The standard InChI is InChI=1S/C22H35N3O3/c1-16(2)28-15-7-12-24-21(26)19-10-13-25(14-11-19)22(27)17(3)20(23)18-8-5-4-6-9-18/h4-6,8-9,16-17,19-20H,7,10-15,23H2,1-3H3,(H,24,26). The van der Waals surface area contributed by atoms with Gasteiger partial charge in [-0.3, -0.25) is 9.59 Å². The second-order valence-corrected chi connectivity index (χ2v) is 7.89. The van der Waals surface area contributed by atoms with E-state index in [-0.39, 0.29) is 35.8 Å². The lowest BCUT2D eigenvalue weighted by atomic mass is 9.91. The van der Waals surface area contributed by atoms with Crippen LogP contribution >= 0.6 is 0 Å². The average Bonchev–Trinajstić information content (AvgIpc) is 2.72. The second-order valence-electron chi connectivity index (χ2n) is 7.89. The van der Waals surface area contributed by atoms with E-state index in [1.165, 1.54) is 0 Å². The van der Waals surface area contributed by atoms with Gasteiger partial charge in [-0.15, -0.1) is 0 Å². The second kappa shape index (κ2) is 11.2.